The van der Waals surface area contributed by atoms with E-state index in [1.807, 2.05) is 13.8 Å². The number of anilines is 2. The van der Waals surface area contributed by atoms with Crippen LogP contribution in [0.1, 0.15) is 20.3 Å². The Hall–Kier alpha value is -1.63. The van der Waals surface area contributed by atoms with E-state index >= 15 is 0 Å². The fourth-order valence-electron chi connectivity index (χ4n) is 1.85. The molecule has 2 rings (SSSR count). The Kier molecular flexibility index (Phi) is 5.14. The number of hydrogen-bond donors (Lipinski definition) is 2. The summed E-state index contributed by atoms with van der Waals surface area (Å²) < 4.78 is 10.7. The Bertz CT molecular complexity index is 371. The van der Waals surface area contributed by atoms with Gasteiger partial charge in [0.05, 0.1) is 13.2 Å². The SMILES string of the molecule is CCNc1nc(NCC2CCOC2)nc(OCC)n1. The first kappa shape index (κ1) is 13.8. The zero-order chi connectivity index (χ0) is 13.5. The molecule has 106 valence electrons. The summed E-state index contributed by atoms with van der Waals surface area (Å²) in [6, 6.07) is 0.346. The van der Waals surface area contributed by atoms with E-state index in [-0.39, 0.29) is 0 Å². The van der Waals surface area contributed by atoms with Gasteiger partial charge in [-0.3, -0.25) is 0 Å². The van der Waals surface area contributed by atoms with Gasteiger partial charge in [0.1, 0.15) is 0 Å². The smallest absolute Gasteiger partial charge is 0.323 e. The van der Waals surface area contributed by atoms with Gasteiger partial charge in [0.25, 0.3) is 0 Å². The Labute approximate surface area is 113 Å². The van der Waals surface area contributed by atoms with Crippen LogP contribution in [0.5, 0.6) is 6.01 Å². The van der Waals surface area contributed by atoms with Crippen LogP contribution >= 0.6 is 0 Å². The van der Waals surface area contributed by atoms with Crippen LogP contribution in [0.4, 0.5) is 11.9 Å². The Morgan fingerprint density at radius 2 is 2.00 bits per heavy atom. The van der Waals surface area contributed by atoms with E-state index in [0.29, 0.717) is 30.4 Å². The summed E-state index contributed by atoms with van der Waals surface area (Å²) in [6.45, 7) is 7.64. The van der Waals surface area contributed by atoms with Gasteiger partial charge in [-0.2, -0.15) is 15.0 Å². The second-order valence-electron chi connectivity index (χ2n) is 4.34. The molecule has 0 saturated carbocycles. The molecule has 0 amide bonds. The maximum Gasteiger partial charge on any atom is 0.323 e. The Balaban J connectivity index is 1.99. The van der Waals surface area contributed by atoms with Gasteiger partial charge in [-0.15, -0.1) is 0 Å². The maximum absolute atomic E-state index is 5.34. The van der Waals surface area contributed by atoms with E-state index < -0.39 is 0 Å². The van der Waals surface area contributed by atoms with Crippen molar-refractivity contribution in [2.75, 3.05) is 43.5 Å². The monoisotopic (exact) mass is 267 g/mol. The van der Waals surface area contributed by atoms with Crippen LogP contribution in [-0.2, 0) is 4.74 Å². The lowest BCUT2D eigenvalue weighted by Gasteiger charge is -2.11. The Morgan fingerprint density at radius 1 is 1.21 bits per heavy atom. The Morgan fingerprint density at radius 3 is 2.63 bits per heavy atom. The molecule has 0 spiro atoms. The van der Waals surface area contributed by atoms with Crippen LogP contribution in [0, 0.1) is 5.92 Å². The number of nitrogens with one attached hydrogen (secondary N) is 2. The highest BCUT2D eigenvalue weighted by molar-refractivity contribution is 5.35. The van der Waals surface area contributed by atoms with Gasteiger partial charge in [0.15, 0.2) is 0 Å². The van der Waals surface area contributed by atoms with Crippen LogP contribution in [-0.4, -0.2) is 47.9 Å². The van der Waals surface area contributed by atoms with Gasteiger partial charge in [-0.1, -0.05) is 0 Å². The standard InChI is InChI=1S/C12H21N5O2/c1-3-13-10-15-11(17-12(16-10)19-4-2)14-7-9-5-6-18-8-9/h9H,3-8H2,1-2H3,(H2,13,14,15,16,17). The molecule has 19 heavy (non-hydrogen) atoms. The van der Waals surface area contributed by atoms with E-state index in [0.717, 1.165) is 32.7 Å². The number of ether oxygens (including phenoxy) is 2. The highest BCUT2D eigenvalue weighted by Crippen LogP contribution is 2.15. The van der Waals surface area contributed by atoms with E-state index in [1.165, 1.54) is 0 Å². The lowest BCUT2D eigenvalue weighted by molar-refractivity contribution is 0.187. The van der Waals surface area contributed by atoms with Crippen LogP contribution in [0.15, 0.2) is 0 Å². The molecule has 7 heteroatoms. The minimum absolute atomic E-state index is 0.346. The zero-order valence-electron chi connectivity index (χ0n) is 11.5. The van der Waals surface area contributed by atoms with Crippen molar-refractivity contribution in [3.05, 3.63) is 0 Å². The van der Waals surface area contributed by atoms with Crippen molar-refractivity contribution in [1.29, 1.82) is 0 Å². The third-order valence-electron chi connectivity index (χ3n) is 2.80. The second-order valence-corrected chi connectivity index (χ2v) is 4.34. The molecule has 1 fully saturated rings. The summed E-state index contributed by atoms with van der Waals surface area (Å²) in [6.07, 6.45) is 1.08. The van der Waals surface area contributed by atoms with Gasteiger partial charge in [-0.05, 0) is 20.3 Å². The van der Waals surface area contributed by atoms with E-state index in [2.05, 4.69) is 25.6 Å². The van der Waals surface area contributed by atoms with Crippen molar-refractivity contribution in [3.63, 3.8) is 0 Å². The third-order valence-corrected chi connectivity index (χ3v) is 2.80. The highest BCUT2D eigenvalue weighted by Gasteiger charge is 2.16. The molecule has 0 aliphatic carbocycles. The molecule has 0 radical (unpaired) electrons. The van der Waals surface area contributed by atoms with Crippen molar-refractivity contribution in [3.8, 4) is 6.01 Å². The number of rotatable bonds is 7. The number of nitrogens with zero attached hydrogens (tertiary/aromatic N) is 3. The lowest BCUT2D eigenvalue weighted by Crippen LogP contribution is -2.17. The summed E-state index contributed by atoms with van der Waals surface area (Å²) in [5.74, 6) is 1.60. The molecular formula is C12H21N5O2. The van der Waals surface area contributed by atoms with Crippen molar-refractivity contribution >= 4 is 11.9 Å². The largest absolute Gasteiger partial charge is 0.464 e. The minimum atomic E-state index is 0.346. The van der Waals surface area contributed by atoms with Gasteiger partial charge in [0, 0.05) is 25.6 Å². The maximum atomic E-state index is 5.34. The average molecular weight is 267 g/mol. The van der Waals surface area contributed by atoms with Crippen molar-refractivity contribution in [2.45, 2.75) is 20.3 Å². The molecule has 1 atom stereocenters. The van der Waals surface area contributed by atoms with E-state index in [9.17, 15) is 0 Å². The van der Waals surface area contributed by atoms with Crippen molar-refractivity contribution < 1.29 is 9.47 Å². The third kappa shape index (κ3) is 4.20. The molecule has 1 saturated heterocycles. The number of aromatic nitrogens is 3. The van der Waals surface area contributed by atoms with Gasteiger partial charge in [-0.25, -0.2) is 0 Å². The molecule has 1 aromatic rings. The van der Waals surface area contributed by atoms with E-state index in [1.54, 1.807) is 0 Å². The van der Waals surface area contributed by atoms with Crippen LogP contribution in [0.2, 0.25) is 0 Å². The van der Waals surface area contributed by atoms with Crippen molar-refractivity contribution in [2.24, 2.45) is 5.92 Å². The molecule has 7 nitrogen and oxygen atoms in total. The fraction of sp³-hybridized carbons (Fsp3) is 0.750. The summed E-state index contributed by atoms with van der Waals surface area (Å²) >= 11 is 0. The fourth-order valence-corrected chi connectivity index (χ4v) is 1.85. The van der Waals surface area contributed by atoms with Crippen molar-refractivity contribution in [1.82, 2.24) is 15.0 Å². The first-order chi connectivity index (χ1) is 9.31. The molecule has 1 aliphatic heterocycles. The average Bonchev–Trinajstić information content (AvgIpc) is 2.90. The molecule has 1 aliphatic rings. The molecule has 2 N–H and O–H groups in total. The first-order valence-electron chi connectivity index (χ1n) is 6.76. The minimum Gasteiger partial charge on any atom is -0.464 e. The predicted octanol–water partition coefficient (Wildman–Crippen LogP) is 1.15. The summed E-state index contributed by atoms with van der Waals surface area (Å²) in [7, 11) is 0. The summed E-state index contributed by atoms with van der Waals surface area (Å²) in [5, 5.41) is 6.29. The normalized spacial score (nSPS) is 18.3. The van der Waals surface area contributed by atoms with Gasteiger partial charge in [0.2, 0.25) is 11.9 Å². The predicted molar refractivity (Wildman–Crippen MR) is 72.6 cm³/mol. The quantitative estimate of drug-likeness (QED) is 0.767. The first-order valence-corrected chi connectivity index (χ1v) is 6.76. The lowest BCUT2D eigenvalue weighted by atomic mass is 10.1. The molecule has 1 aromatic heterocycles. The highest BCUT2D eigenvalue weighted by atomic mass is 16.5. The topological polar surface area (TPSA) is 81.2 Å². The van der Waals surface area contributed by atoms with Crippen LogP contribution in [0.3, 0.4) is 0 Å². The summed E-state index contributed by atoms with van der Waals surface area (Å²) in [4.78, 5) is 12.7. The molecular weight excluding hydrogens is 246 g/mol. The van der Waals surface area contributed by atoms with Crippen LogP contribution in [0.25, 0.3) is 0 Å². The number of hydrogen-bond acceptors (Lipinski definition) is 7. The summed E-state index contributed by atoms with van der Waals surface area (Å²) in [5.41, 5.74) is 0. The molecule has 0 aromatic carbocycles. The van der Waals surface area contributed by atoms with Gasteiger partial charge >= 0.3 is 6.01 Å². The van der Waals surface area contributed by atoms with E-state index in [4.69, 9.17) is 9.47 Å². The molecule has 1 unspecified atom stereocenters. The molecule has 2 heterocycles. The second kappa shape index (κ2) is 7.08. The van der Waals surface area contributed by atoms with Crippen LogP contribution < -0.4 is 15.4 Å². The zero-order valence-corrected chi connectivity index (χ0v) is 11.5. The van der Waals surface area contributed by atoms with Gasteiger partial charge < -0.3 is 20.1 Å². The molecule has 0 bridgehead atoms.